The average molecular weight is 255 g/mol. The fourth-order valence-corrected chi connectivity index (χ4v) is 1.77. The molecule has 1 fully saturated rings. The molecule has 1 radical (unpaired) electrons. The lowest BCUT2D eigenvalue weighted by molar-refractivity contribution is -0.132. The van der Waals surface area contributed by atoms with E-state index in [0.717, 1.165) is 0 Å². The third-order valence-electron chi connectivity index (χ3n) is 2.67. The van der Waals surface area contributed by atoms with Gasteiger partial charge in [-0.3, -0.25) is 4.79 Å². The molecule has 0 unspecified atom stereocenters. The first-order valence-electron chi connectivity index (χ1n) is 6.38. The summed E-state index contributed by atoms with van der Waals surface area (Å²) >= 11 is 0. The van der Waals surface area contributed by atoms with E-state index < -0.39 is 5.60 Å². The summed E-state index contributed by atoms with van der Waals surface area (Å²) in [5.41, 5.74) is -0.474. The highest BCUT2D eigenvalue weighted by Gasteiger charge is 2.27. The molecule has 0 atom stereocenters. The van der Waals surface area contributed by atoms with Crippen molar-refractivity contribution in [3.05, 3.63) is 6.92 Å². The van der Waals surface area contributed by atoms with Crippen molar-refractivity contribution in [2.75, 3.05) is 26.2 Å². The van der Waals surface area contributed by atoms with Gasteiger partial charge in [-0.2, -0.15) is 0 Å². The van der Waals surface area contributed by atoms with E-state index in [1.165, 1.54) is 0 Å². The minimum Gasteiger partial charge on any atom is -0.444 e. The van der Waals surface area contributed by atoms with Crippen molar-refractivity contribution < 1.29 is 14.3 Å². The van der Waals surface area contributed by atoms with Crippen LogP contribution in [0.5, 0.6) is 0 Å². The number of nitrogens with zero attached hydrogens (tertiary/aromatic N) is 2. The van der Waals surface area contributed by atoms with Gasteiger partial charge in [-0.1, -0.05) is 6.92 Å². The zero-order valence-corrected chi connectivity index (χ0v) is 11.6. The fraction of sp³-hybridized carbons (Fsp3) is 0.769. The molecule has 1 rings (SSSR count). The van der Waals surface area contributed by atoms with Crippen LogP contribution in [0.15, 0.2) is 0 Å². The highest BCUT2D eigenvalue weighted by atomic mass is 16.6. The minimum absolute atomic E-state index is 0.119. The monoisotopic (exact) mass is 255 g/mol. The van der Waals surface area contributed by atoms with E-state index in [1.807, 2.05) is 20.8 Å². The van der Waals surface area contributed by atoms with Crippen molar-refractivity contribution in [1.82, 2.24) is 9.80 Å². The minimum atomic E-state index is -0.474. The molecule has 0 saturated carbocycles. The number of carbonyl (C=O) groups is 2. The molecule has 1 aliphatic rings. The number of hydrogen-bond donors (Lipinski definition) is 0. The van der Waals surface area contributed by atoms with Gasteiger partial charge in [-0.05, 0) is 27.2 Å². The third-order valence-corrected chi connectivity index (χ3v) is 2.67. The van der Waals surface area contributed by atoms with Crippen LogP contribution in [0.3, 0.4) is 0 Å². The number of hydrogen-bond acceptors (Lipinski definition) is 3. The summed E-state index contributed by atoms with van der Waals surface area (Å²) in [7, 11) is 0. The van der Waals surface area contributed by atoms with E-state index >= 15 is 0 Å². The lowest BCUT2D eigenvalue weighted by atomic mass is 10.2. The molecule has 0 N–H and O–H groups in total. The quantitative estimate of drug-likeness (QED) is 0.754. The maximum Gasteiger partial charge on any atom is 0.410 e. The van der Waals surface area contributed by atoms with Crippen LogP contribution in [0.2, 0.25) is 0 Å². The first kappa shape index (κ1) is 14.8. The van der Waals surface area contributed by atoms with Crippen LogP contribution in [0, 0.1) is 6.92 Å². The Kier molecular flexibility index (Phi) is 4.99. The molecule has 0 aromatic rings. The molecule has 5 nitrogen and oxygen atoms in total. The number of piperazine rings is 1. The molecule has 0 spiro atoms. The van der Waals surface area contributed by atoms with Crippen LogP contribution in [-0.4, -0.2) is 53.6 Å². The third kappa shape index (κ3) is 4.55. The molecular formula is C13H23N2O3. The first-order chi connectivity index (χ1) is 8.33. The molecule has 5 heteroatoms. The number of rotatable bonds is 2. The van der Waals surface area contributed by atoms with Crippen molar-refractivity contribution in [2.45, 2.75) is 39.2 Å². The first-order valence-corrected chi connectivity index (χ1v) is 6.38. The molecule has 1 heterocycles. The maximum atomic E-state index is 11.8. The van der Waals surface area contributed by atoms with Crippen LogP contribution < -0.4 is 0 Å². The van der Waals surface area contributed by atoms with Gasteiger partial charge in [-0.25, -0.2) is 4.79 Å². The second-order valence-corrected chi connectivity index (χ2v) is 5.45. The van der Waals surface area contributed by atoms with Crippen LogP contribution >= 0.6 is 0 Å². The Balaban J connectivity index is 2.39. The van der Waals surface area contributed by atoms with E-state index in [1.54, 1.807) is 9.80 Å². The van der Waals surface area contributed by atoms with Gasteiger partial charge >= 0.3 is 6.09 Å². The normalized spacial score (nSPS) is 16.7. The van der Waals surface area contributed by atoms with Gasteiger partial charge in [0.05, 0.1) is 0 Å². The Bertz CT molecular complexity index is 302. The summed E-state index contributed by atoms with van der Waals surface area (Å²) in [6.07, 6.45) is 0.795. The van der Waals surface area contributed by atoms with E-state index in [0.29, 0.717) is 39.0 Å². The van der Waals surface area contributed by atoms with Crippen molar-refractivity contribution >= 4 is 12.0 Å². The predicted molar refractivity (Wildman–Crippen MR) is 69.0 cm³/mol. The molecule has 1 aliphatic heterocycles. The SMILES string of the molecule is [CH2]CCC(=O)N1CCN(C(=O)OC(C)(C)C)CC1. The van der Waals surface area contributed by atoms with Gasteiger partial charge in [0, 0.05) is 32.6 Å². The van der Waals surface area contributed by atoms with Crippen LogP contribution in [0.1, 0.15) is 33.6 Å². The van der Waals surface area contributed by atoms with E-state index in [9.17, 15) is 9.59 Å². The van der Waals surface area contributed by atoms with Crippen LogP contribution in [-0.2, 0) is 9.53 Å². The van der Waals surface area contributed by atoms with E-state index in [-0.39, 0.29) is 12.0 Å². The van der Waals surface area contributed by atoms with Crippen molar-refractivity contribution in [3.8, 4) is 0 Å². The van der Waals surface area contributed by atoms with Gasteiger partial charge in [0.1, 0.15) is 5.60 Å². The largest absolute Gasteiger partial charge is 0.444 e. The Morgan fingerprint density at radius 2 is 1.61 bits per heavy atom. The second-order valence-electron chi connectivity index (χ2n) is 5.45. The molecular weight excluding hydrogens is 232 g/mol. The molecule has 0 aliphatic carbocycles. The van der Waals surface area contributed by atoms with Gasteiger partial charge < -0.3 is 14.5 Å². The van der Waals surface area contributed by atoms with Crippen molar-refractivity contribution in [2.24, 2.45) is 0 Å². The number of ether oxygens (including phenoxy) is 1. The molecule has 2 amide bonds. The summed E-state index contributed by atoms with van der Waals surface area (Å²) in [6.45, 7) is 11.5. The Hall–Kier alpha value is -1.26. The standard InChI is InChI=1S/C13H23N2O3/c1-5-6-11(16)14-7-9-15(10-8-14)12(17)18-13(2,3)4/h1,5-10H2,2-4H3. The van der Waals surface area contributed by atoms with Crippen LogP contribution in [0.25, 0.3) is 0 Å². The highest BCUT2D eigenvalue weighted by molar-refractivity contribution is 5.76. The van der Waals surface area contributed by atoms with E-state index in [4.69, 9.17) is 4.74 Å². The average Bonchev–Trinajstić information content (AvgIpc) is 2.27. The molecule has 0 aromatic heterocycles. The van der Waals surface area contributed by atoms with Gasteiger partial charge in [-0.15, -0.1) is 0 Å². The fourth-order valence-electron chi connectivity index (χ4n) is 1.77. The summed E-state index contributed by atoms with van der Waals surface area (Å²) in [6, 6.07) is 0. The lowest BCUT2D eigenvalue weighted by Crippen LogP contribution is -2.51. The van der Waals surface area contributed by atoms with Crippen molar-refractivity contribution in [3.63, 3.8) is 0 Å². The van der Waals surface area contributed by atoms with Gasteiger partial charge in [0.2, 0.25) is 5.91 Å². The molecule has 1 saturated heterocycles. The van der Waals surface area contributed by atoms with Gasteiger partial charge in [0.25, 0.3) is 0 Å². The zero-order chi connectivity index (χ0) is 13.8. The van der Waals surface area contributed by atoms with Gasteiger partial charge in [0.15, 0.2) is 0 Å². The highest BCUT2D eigenvalue weighted by Crippen LogP contribution is 2.12. The Morgan fingerprint density at radius 1 is 1.11 bits per heavy atom. The Labute approximate surface area is 109 Å². The van der Waals surface area contributed by atoms with Crippen molar-refractivity contribution in [1.29, 1.82) is 0 Å². The Morgan fingerprint density at radius 3 is 2.06 bits per heavy atom. The predicted octanol–water partition coefficient (Wildman–Crippen LogP) is 1.68. The topological polar surface area (TPSA) is 49.9 Å². The summed E-state index contributed by atoms with van der Waals surface area (Å²) in [5, 5.41) is 0. The smallest absolute Gasteiger partial charge is 0.410 e. The zero-order valence-electron chi connectivity index (χ0n) is 11.6. The van der Waals surface area contributed by atoms with E-state index in [2.05, 4.69) is 6.92 Å². The van der Waals surface area contributed by atoms with Crippen LogP contribution in [0.4, 0.5) is 4.79 Å². The summed E-state index contributed by atoms with van der Waals surface area (Å²) in [5.74, 6) is 0.119. The number of carbonyl (C=O) groups excluding carboxylic acids is 2. The molecule has 18 heavy (non-hydrogen) atoms. The second kappa shape index (κ2) is 6.07. The molecule has 0 bridgehead atoms. The lowest BCUT2D eigenvalue weighted by Gasteiger charge is -2.35. The number of amides is 2. The molecule has 0 aromatic carbocycles. The summed E-state index contributed by atoms with van der Waals surface area (Å²) in [4.78, 5) is 26.9. The molecule has 103 valence electrons. The maximum absolute atomic E-state index is 11.8. The summed E-state index contributed by atoms with van der Waals surface area (Å²) < 4.78 is 5.29.